The molecule has 20 heavy (non-hydrogen) atoms. The molecule has 110 valence electrons. The van der Waals surface area contributed by atoms with Crippen molar-refractivity contribution in [2.45, 2.75) is 26.4 Å². The molecule has 1 rings (SSSR count). The molecule has 0 aliphatic heterocycles. The third-order valence-corrected chi connectivity index (χ3v) is 2.57. The highest BCUT2D eigenvalue weighted by Crippen LogP contribution is 2.18. The minimum Gasteiger partial charge on any atom is -0.466 e. The maximum atomic E-state index is 12.1. The molecule has 0 bridgehead atoms. The van der Waals surface area contributed by atoms with E-state index in [1.807, 2.05) is 0 Å². The summed E-state index contributed by atoms with van der Waals surface area (Å²) < 4.78 is 10.7. The lowest BCUT2D eigenvalue weighted by Crippen LogP contribution is -2.39. The fraction of sp³-hybridized carbons (Fsp3) is 0.462. The lowest BCUT2D eigenvalue weighted by atomic mass is 10.2. The van der Waals surface area contributed by atoms with Crippen LogP contribution >= 0.6 is 15.9 Å². The Morgan fingerprint density at radius 2 is 2.15 bits per heavy atom. The highest BCUT2D eigenvalue weighted by Gasteiger charge is 2.24. The summed E-state index contributed by atoms with van der Waals surface area (Å²) >= 11 is 3.28. The Morgan fingerprint density at radius 3 is 2.65 bits per heavy atom. The Kier molecular flexibility index (Phi) is 5.94. The first-order valence-electron chi connectivity index (χ1n) is 6.01. The van der Waals surface area contributed by atoms with Crippen LogP contribution in [0.15, 0.2) is 22.8 Å². The van der Waals surface area contributed by atoms with Crippen molar-refractivity contribution in [2.24, 2.45) is 0 Å². The fourth-order valence-electron chi connectivity index (χ4n) is 1.34. The monoisotopic (exact) mass is 344 g/mol. The number of carbonyl (C=O) groups is 2. The maximum Gasteiger partial charge on any atom is 0.416 e. The van der Waals surface area contributed by atoms with Gasteiger partial charge in [-0.05, 0) is 48.8 Å². The number of rotatable bonds is 5. The van der Waals surface area contributed by atoms with E-state index in [4.69, 9.17) is 4.74 Å². The zero-order valence-electron chi connectivity index (χ0n) is 11.6. The van der Waals surface area contributed by atoms with E-state index < -0.39 is 11.7 Å². The number of nitrogens with zero attached hydrogens (tertiary/aromatic N) is 2. The van der Waals surface area contributed by atoms with Crippen LogP contribution in [0.2, 0.25) is 0 Å². The number of anilines is 1. The fourth-order valence-corrected chi connectivity index (χ4v) is 1.57. The number of hydrogen-bond acceptors (Lipinski definition) is 5. The van der Waals surface area contributed by atoms with Crippen LogP contribution in [0.3, 0.4) is 0 Å². The molecule has 0 saturated heterocycles. The topological polar surface area (TPSA) is 68.7 Å². The molecule has 1 aromatic rings. The van der Waals surface area contributed by atoms with Gasteiger partial charge in [0.2, 0.25) is 0 Å². The summed E-state index contributed by atoms with van der Waals surface area (Å²) in [4.78, 5) is 27.8. The second kappa shape index (κ2) is 7.23. The first-order valence-corrected chi connectivity index (χ1v) is 6.80. The number of ether oxygens (including phenoxy) is 2. The van der Waals surface area contributed by atoms with Crippen molar-refractivity contribution < 1.29 is 19.1 Å². The van der Waals surface area contributed by atoms with Gasteiger partial charge in [0, 0.05) is 10.7 Å². The summed E-state index contributed by atoms with van der Waals surface area (Å²) in [7, 11) is 0. The first kappa shape index (κ1) is 16.4. The molecule has 1 heterocycles. The molecule has 0 aromatic carbocycles. The Morgan fingerprint density at radius 1 is 1.45 bits per heavy atom. The van der Waals surface area contributed by atoms with Gasteiger partial charge >= 0.3 is 6.09 Å². The van der Waals surface area contributed by atoms with Gasteiger partial charge in [0.25, 0.3) is 6.47 Å². The van der Waals surface area contributed by atoms with Crippen LogP contribution in [0.25, 0.3) is 0 Å². The summed E-state index contributed by atoms with van der Waals surface area (Å²) in [6, 6.07) is 3.44. The zero-order valence-corrected chi connectivity index (χ0v) is 13.2. The molecule has 7 heteroatoms. The molecular formula is C13H17BrN2O4. The van der Waals surface area contributed by atoms with E-state index in [1.54, 1.807) is 39.1 Å². The van der Waals surface area contributed by atoms with E-state index in [1.165, 1.54) is 4.90 Å². The van der Waals surface area contributed by atoms with Crippen molar-refractivity contribution in [2.75, 3.05) is 18.1 Å². The van der Waals surface area contributed by atoms with Gasteiger partial charge in [0.1, 0.15) is 18.0 Å². The SMILES string of the molecule is CC(C)(C)OC(=O)N(CCOC=O)c1ccc(Br)cn1. The van der Waals surface area contributed by atoms with Crippen LogP contribution in [0.1, 0.15) is 20.8 Å². The maximum absolute atomic E-state index is 12.1. The van der Waals surface area contributed by atoms with Crippen molar-refractivity contribution in [1.82, 2.24) is 4.98 Å². The molecular weight excluding hydrogens is 328 g/mol. The molecule has 6 nitrogen and oxygen atoms in total. The minimum absolute atomic E-state index is 0.0699. The van der Waals surface area contributed by atoms with Crippen molar-refractivity contribution in [1.29, 1.82) is 0 Å². The van der Waals surface area contributed by atoms with Gasteiger partial charge < -0.3 is 9.47 Å². The van der Waals surface area contributed by atoms with Gasteiger partial charge in [-0.25, -0.2) is 9.78 Å². The third-order valence-electron chi connectivity index (χ3n) is 2.10. The van der Waals surface area contributed by atoms with E-state index in [0.717, 1.165) is 4.47 Å². The Labute approximate surface area is 126 Å². The van der Waals surface area contributed by atoms with Crippen LogP contribution < -0.4 is 4.90 Å². The van der Waals surface area contributed by atoms with Crippen LogP contribution in [0, 0.1) is 0 Å². The molecule has 1 aromatic heterocycles. The summed E-state index contributed by atoms with van der Waals surface area (Å²) in [5, 5.41) is 0. The third kappa shape index (κ3) is 5.56. The van der Waals surface area contributed by atoms with Crippen LogP contribution in [0.5, 0.6) is 0 Å². The van der Waals surface area contributed by atoms with E-state index in [-0.39, 0.29) is 13.2 Å². The molecule has 0 spiro atoms. The molecule has 0 radical (unpaired) electrons. The van der Waals surface area contributed by atoms with E-state index in [9.17, 15) is 9.59 Å². The Hall–Kier alpha value is -1.63. The molecule has 0 atom stereocenters. The zero-order chi connectivity index (χ0) is 15.2. The quantitative estimate of drug-likeness (QED) is 0.606. The molecule has 0 aliphatic carbocycles. The number of aromatic nitrogens is 1. The van der Waals surface area contributed by atoms with Crippen molar-refractivity contribution in [3.05, 3.63) is 22.8 Å². The van der Waals surface area contributed by atoms with Crippen molar-refractivity contribution in [3.63, 3.8) is 0 Å². The summed E-state index contributed by atoms with van der Waals surface area (Å²) in [6.45, 7) is 5.91. The Bertz CT molecular complexity index is 456. The van der Waals surface area contributed by atoms with Crippen molar-refractivity contribution in [3.8, 4) is 0 Å². The summed E-state index contributed by atoms with van der Waals surface area (Å²) in [6.07, 6.45) is 1.04. The van der Waals surface area contributed by atoms with Gasteiger partial charge in [-0.2, -0.15) is 0 Å². The predicted octanol–water partition coefficient (Wildman–Crippen LogP) is 2.76. The van der Waals surface area contributed by atoms with Crippen LogP contribution in [0.4, 0.5) is 10.6 Å². The minimum atomic E-state index is -0.615. The van der Waals surface area contributed by atoms with Crippen LogP contribution in [-0.2, 0) is 14.3 Å². The Balaban J connectivity index is 2.86. The number of halogens is 1. The average Bonchev–Trinajstić information content (AvgIpc) is 2.34. The predicted molar refractivity (Wildman–Crippen MR) is 77.5 cm³/mol. The highest BCUT2D eigenvalue weighted by molar-refractivity contribution is 9.10. The number of amides is 1. The van der Waals surface area contributed by atoms with E-state index in [0.29, 0.717) is 12.3 Å². The first-order chi connectivity index (χ1) is 9.33. The van der Waals surface area contributed by atoms with Gasteiger partial charge in [-0.3, -0.25) is 9.69 Å². The van der Waals surface area contributed by atoms with Gasteiger partial charge in [0.15, 0.2) is 0 Å². The van der Waals surface area contributed by atoms with Gasteiger partial charge in [-0.15, -0.1) is 0 Å². The second-order valence-corrected chi connectivity index (χ2v) is 5.85. The highest BCUT2D eigenvalue weighted by atomic mass is 79.9. The number of carbonyl (C=O) groups excluding carboxylic acids is 2. The normalized spacial score (nSPS) is 10.8. The molecule has 0 unspecified atom stereocenters. The molecule has 1 amide bonds. The van der Waals surface area contributed by atoms with Crippen molar-refractivity contribution >= 4 is 34.3 Å². The largest absolute Gasteiger partial charge is 0.466 e. The lowest BCUT2D eigenvalue weighted by molar-refractivity contribution is -0.128. The number of hydrogen-bond donors (Lipinski definition) is 0. The second-order valence-electron chi connectivity index (χ2n) is 4.93. The molecule has 0 fully saturated rings. The smallest absolute Gasteiger partial charge is 0.416 e. The van der Waals surface area contributed by atoms with Gasteiger partial charge in [-0.1, -0.05) is 0 Å². The van der Waals surface area contributed by atoms with E-state index >= 15 is 0 Å². The molecule has 0 saturated carbocycles. The summed E-state index contributed by atoms with van der Waals surface area (Å²) in [5.74, 6) is 0.428. The standard InChI is InChI=1S/C13H17BrN2O4/c1-13(2,3)20-12(18)16(6-7-19-9-17)11-5-4-10(14)8-15-11/h4-5,8-9H,6-7H2,1-3H3. The van der Waals surface area contributed by atoms with Crippen LogP contribution in [-0.4, -0.2) is 36.3 Å². The van der Waals surface area contributed by atoms with E-state index in [2.05, 4.69) is 25.7 Å². The summed E-state index contributed by atoms with van der Waals surface area (Å²) in [5.41, 5.74) is -0.615. The average molecular weight is 345 g/mol. The number of pyridine rings is 1. The molecule has 0 aliphatic rings. The molecule has 0 N–H and O–H groups in total. The lowest BCUT2D eigenvalue weighted by Gasteiger charge is -2.26. The van der Waals surface area contributed by atoms with Gasteiger partial charge in [0.05, 0.1) is 6.54 Å².